The molecule has 0 amide bonds. The van der Waals surface area contributed by atoms with Gasteiger partial charge in [0.25, 0.3) is 0 Å². The Morgan fingerprint density at radius 3 is 2.22 bits per heavy atom. The number of ketones is 1. The molecule has 32 heavy (non-hydrogen) atoms. The average Bonchev–Trinajstić information content (AvgIpc) is 3.19. The predicted octanol–water partition coefficient (Wildman–Crippen LogP) is 2.75. The van der Waals surface area contributed by atoms with Crippen LogP contribution in [-0.4, -0.2) is 62.6 Å². The van der Waals surface area contributed by atoms with E-state index in [2.05, 4.69) is 15.0 Å². The molecule has 0 unspecified atom stereocenters. The molecule has 1 aliphatic rings. The van der Waals surface area contributed by atoms with Crippen LogP contribution < -0.4 is 0 Å². The standard InChI is InChI=1S/C20H18ClN3O2.C2H2O4/c21-17-8-6-15(7-9-17)18(25)13-24-11-16(12-24)20-22-19(23-26-20)10-14-4-2-1-3-5-14;3-1(4)2(5)6/h1-9,16H,10-13H2;(H,3,4)(H,5,6). The molecule has 3 aromatic rings. The Hall–Kier alpha value is -3.56. The van der Waals surface area contributed by atoms with Crippen LogP contribution in [0.1, 0.15) is 33.6 Å². The van der Waals surface area contributed by atoms with Crippen LogP contribution >= 0.6 is 11.6 Å². The van der Waals surface area contributed by atoms with Gasteiger partial charge < -0.3 is 14.7 Å². The summed E-state index contributed by atoms with van der Waals surface area (Å²) in [5.41, 5.74) is 1.84. The minimum Gasteiger partial charge on any atom is -0.473 e. The maximum absolute atomic E-state index is 12.3. The van der Waals surface area contributed by atoms with E-state index in [9.17, 15) is 4.79 Å². The number of carboxylic acids is 2. The van der Waals surface area contributed by atoms with Crippen molar-refractivity contribution >= 4 is 29.3 Å². The Bertz CT molecular complexity index is 1070. The highest BCUT2D eigenvalue weighted by atomic mass is 35.5. The van der Waals surface area contributed by atoms with Crippen molar-refractivity contribution in [3.05, 3.63) is 82.5 Å². The summed E-state index contributed by atoms with van der Waals surface area (Å²) < 4.78 is 5.40. The van der Waals surface area contributed by atoms with Gasteiger partial charge in [-0.3, -0.25) is 9.69 Å². The van der Waals surface area contributed by atoms with Crippen LogP contribution in [0.2, 0.25) is 5.02 Å². The largest absolute Gasteiger partial charge is 0.473 e. The molecule has 2 heterocycles. The van der Waals surface area contributed by atoms with Gasteiger partial charge in [-0.1, -0.05) is 47.1 Å². The molecular weight excluding hydrogens is 438 g/mol. The molecule has 9 nitrogen and oxygen atoms in total. The van der Waals surface area contributed by atoms with Crippen molar-refractivity contribution in [1.29, 1.82) is 0 Å². The monoisotopic (exact) mass is 457 g/mol. The normalized spacial score (nSPS) is 13.5. The van der Waals surface area contributed by atoms with Gasteiger partial charge in [0.1, 0.15) is 0 Å². The minimum atomic E-state index is -1.82. The molecule has 2 aromatic carbocycles. The molecule has 1 saturated heterocycles. The van der Waals surface area contributed by atoms with Gasteiger partial charge in [-0.05, 0) is 29.8 Å². The van der Waals surface area contributed by atoms with E-state index in [1.165, 1.54) is 0 Å². The molecule has 1 aliphatic heterocycles. The van der Waals surface area contributed by atoms with E-state index in [0.29, 0.717) is 35.3 Å². The fourth-order valence-corrected chi connectivity index (χ4v) is 3.19. The summed E-state index contributed by atoms with van der Waals surface area (Å²) in [4.78, 5) is 37.1. The van der Waals surface area contributed by atoms with Crippen molar-refractivity contribution < 1.29 is 29.1 Å². The number of Topliss-reactive ketones (excluding diaryl/α,β-unsaturated/α-hetero) is 1. The second-order valence-electron chi connectivity index (χ2n) is 7.14. The van der Waals surface area contributed by atoms with Gasteiger partial charge in [0.2, 0.25) is 5.89 Å². The quantitative estimate of drug-likeness (QED) is 0.423. The molecule has 0 bridgehead atoms. The molecule has 10 heteroatoms. The SMILES string of the molecule is O=C(CN1CC(c2nc(Cc3ccccc3)no2)C1)c1ccc(Cl)cc1.O=C(O)C(=O)O. The number of likely N-dealkylation sites (tertiary alicyclic amines) is 1. The third-order valence-corrected chi connectivity index (χ3v) is 4.96. The molecule has 166 valence electrons. The van der Waals surface area contributed by atoms with Gasteiger partial charge in [0, 0.05) is 30.1 Å². The maximum Gasteiger partial charge on any atom is 0.414 e. The first kappa shape index (κ1) is 23.1. The van der Waals surface area contributed by atoms with Crippen LogP contribution in [0.25, 0.3) is 0 Å². The lowest BCUT2D eigenvalue weighted by Gasteiger charge is -2.36. The summed E-state index contributed by atoms with van der Waals surface area (Å²) in [5.74, 6) is -2.00. The number of aliphatic carboxylic acids is 2. The van der Waals surface area contributed by atoms with E-state index >= 15 is 0 Å². The lowest BCUT2D eigenvalue weighted by atomic mass is 9.99. The van der Waals surface area contributed by atoms with Crippen LogP contribution in [0.15, 0.2) is 59.1 Å². The summed E-state index contributed by atoms with van der Waals surface area (Å²) in [7, 11) is 0. The highest BCUT2D eigenvalue weighted by Gasteiger charge is 2.33. The summed E-state index contributed by atoms with van der Waals surface area (Å²) in [6, 6.07) is 17.1. The van der Waals surface area contributed by atoms with Crippen LogP contribution in [0.5, 0.6) is 0 Å². The molecule has 0 spiro atoms. The highest BCUT2D eigenvalue weighted by molar-refractivity contribution is 6.30. The van der Waals surface area contributed by atoms with E-state index < -0.39 is 11.9 Å². The van der Waals surface area contributed by atoms with E-state index in [1.54, 1.807) is 24.3 Å². The van der Waals surface area contributed by atoms with Crippen LogP contribution in [0, 0.1) is 0 Å². The van der Waals surface area contributed by atoms with Gasteiger partial charge >= 0.3 is 11.9 Å². The van der Waals surface area contributed by atoms with Crippen molar-refractivity contribution in [1.82, 2.24) is 15.0 Å². The number of benzene rings is 2. The number of nitrogens with zero attached hydrogens (tertiary/aromatic N) is 3. The lowest BCUT2D eigenvalue weighted by molar-refractivity contribution is -0.159. The topological polar surface area (TPSA) is 134 Å². The number of hydrogen-bond donors (Lipinski definition) is 2. The van der Waals surface area contributed by atoms with Gasteiger partial charge in [0.05, 0.1) is 12.5 Å². The van der Waals surface area contributed by atoms with Gasteiger partial charge in [-0.25, -0.2) is 9.59 Å². The molecule has 1 fully saturated rings. The van der Waals surface area contributed by atoms with Gasteiger partial charge in [0.15, 0.2) is 11.6 Å². The van der Waals surface area contributed by atoms with Crippen LogP contribution in [0.4, 0.5) is 0 Å². The van der Waals surface area contributed by atoms with E-state index in [0.717, 1.165) is 18.7 Å². The number of aromatic nitrogens is 2. The molecular formula is C22H20ClN3O6. The number of carboxylic acid groups (broad SMARTS) is 2. The summed E-state index contributed by atoms with van der Waals surface area (Å²) in [5, 5.41) is 19.5. The summed E-state index contributed by atoms with van der Waals surface area (Å²) in [6.45, 7) is 1.90. The molecule has 4 rings (SSSR count). The Morgan fingerprint density at radius 1 is 1.00 bits per heavy atom. The van der Waals surface area contributed by atoms with Crippen molar-refractivity contribution in [3.8, 4) is 0 Å². The minimum absolute atomic E-state index is 0.0930. The molecule has 2 N–H and O–H groups in total. The second-order valence-corrected chi connectivity index (χ2v) is 7.58. The Labute approximate surface area is 188 Å². The lowest BCUT2D eigenvalue weighted by Crippen LogP contribution is -2.47. The number of halogens is 1. The Balaban J connectivity index is 0.000000427. The first-order valence-corrected chi connectivity index (χ1v) is 10.0. The fourth-order valence-electron chi connectivity index (χ4n) is 3.07. The second kappa shape index (κ2) is 10.7. The maximum atomic E-state index is 12.3. The molecule has 1 aromatic heterocycles. The van der Waals surface area contributed by atoms with E-state index in [1.807, 2.05) is 30.3 Å². The summed E-state index contributed by atoms with van der Waals surface area (Å²) >= 11 is 5.86. The van der Waals surface area contributed by atoms with E-state index in [-0.39, 0.29) is 11.7 Å². The first-order chi connectivity index (χ1) is 15.3. The Morgan fingerprint density at radius 2 is 1.62 bits per heavy atom. The average molecular weight is 458 g/mol. The zero-order chi connectivity index (χ0) is 23.1. The van der Waals surface area contributed by atoms with Crippen molar-refractivity contribution in [3.63, 3.8) is 0 Å². The summed E-state index contributed by atoms with van der Waals surface area (Å²) in [6.07, 6.45) is 0.663. The molecule has 0 aliphatic carbocycles. The molecule has 0 atom stereocenters. The fraction of sp³-hybridized carbons (Fsp3) is 0.227. The zero-order valence-corrected chi connectivity index (χ0v) is 17.6. The van der Waals surface area contributed by atoms with Crippen LogP contribution in [-0.2, 0) is 16.0 Å². The predicted molar refractivity (Wildman–Crippen MR) is 114 cm³/mol. The first-order valence-electron chi connectivity index (χ1n) is 9.65. The highest BCUT2D eigenvalue weighted by Crippen LogP contribution is 2.26. The smallest absolute Gasteiger partial charge is 0.414 e. The van der Waals surface area contributed by atoms with Gasteiger partial charge in [-0.2, -0.15) is 4.98 Å². The molecule has 0 saturated carbocycles. The van der Waals surface area contributed by atoms with E-state index in [4.69, 9.17) is 35.9 Å². The number of carbonyl (C=O) groups is 3. The van der Waals surface area contributed by atoms with Crippen molar-refractivity contribution in [2.75, 3.05) is 19.6 Å². The number of rotatable bonds is 6. The van der Waals surface area contributed by atoms with Crippen molar-refractivity contribution in [2.45, 2.75) is 12.3 Å². The Kier molecular flexibility index (Phi) is 7.69. The van der Waals surface area contributed by atoms with Gasteiger partial charge in [-0.15, -0.1) is 0 Å². The zero-order valence-electron chi connectivity index (χ0n) is 16.8. The third kappa shape index (κ3) is 6.47. The molecule has 0 radical (unpaired) electrons. The van der Waals surface area contributed by atoms with Crippen LogP contribution in [0.3, 0.4) is 0 Å². The number of hydrogen-bond acceptors (Lipinski definition) is 7. The third-order valence-electron chi connectivity index (χ3n) is 4.71. The van der Waals surface area contributed by atoms with Crippen molar-refractivity contribution in [2.24, 2.45) is 0 Å². The number of carbonyl (C=O) groups excluding carboxylic acids is 1.